The Labute approximate surface area is 143 Å². The maximum Gasteiger partial charge on any atom is 0.329 e. The summed E-state index contributed by atoms with van der Waals surface area (Å²) >= 11 is 0. The van der Waals surface area contributed by atoms with Crippen molar-refractivity contribution in [1.29, 1.82) is 0 Å². The number of rotatable bonds is 3. The van der Waals surface area contributed by atoms with Crippen molar-refractivity contribution in [2.75, 3.05) is 23.3 Å². The molecule has 0 bridgehead atoms. The SMILES string of the molecule is Cn1c(=O)cc(N2CC[C@@H](Nc3cnc4ccccc4n3)C2)[nH]c1=O. The summed E-state index contributed by atoms with van der Waals surface area (Å²) in [4.78, 5) is 37.3. The van der Waals surface area contributed by atoms with Crippen molar-refractivity contribution in [2.24, 2.45) is 7.05 Å². The second kappa shape index (κ2) is 6.04. The summed E-state index contributed by atoms with van der Waals surface area (Å²) < 4.78 is 1.06. The molecule has 25 heavy (non-hydrogen) atoms. The van der Waals surface area contributed by atoms with Gasteiger partial charge in [-0.05, 0) is 18.6 Å². The maximum atomic E-state index is 11.8. The van der Waals surface area contributed by atoms with E-state index in [0.717, 1.165) is 34.4 Å². The summed E-state index contributed by atoms with van der Waals surface area (Å²) in [5.41, 5.74) is 0.993. The van der Waals surface area contributed by atoms with E-state index in [1.54, 1.807) is 6.20 Å². The molecule has 0 radical (unpaired) electrons. The molecule has 3 heterocycles. The van der Waals surface area contributed by atoms with Gasteiger partial charge in [-0.1, -0.05) is 12.1 Å². The first-order valence-electron chi connectivity index (χ1n) is 8.14. The summed E-state index contributed by atoms with van der Waals surface area (Å²) in [6.45, 7) is 1.43. The van der Waals surface area contributed by atoms with E-state index in [2.05, 4.69) is 20.3 Å². The molecule has 1 aromatic carbocycles. The van der Waals surface area contributed by atoms with E-state index >= 15 is 0 Å². The fourth-order valence-corrected chi connectivity index (χ4v) is 3.05. The zero-order chi connectivity index (χ0) is 17.4. The van der Waals surface area contributed by atoms with Crippen molar-refractivity contribution in [3.63, 3.8) is 0 Å². The fourth-order valence-electron chi connectivity index (χ4n) is 3.05. The monoisotopic (exact) mass is 338 g/mol. The molecule has 0 unspecified atom stereocenters. The van der Waals surface area contributed by atoms with Crippen LogP contribution < -0.4 is 21.5 Å². The first-order valence-corrected chi connectivity index (χ1v) is 8.14. The van der Waals surface area contributed by atoms with Crippen molar-refractivity contribution < 1.29 is 0 Å². The molecule has 1 saturated heterocycles. The quantitative estimate of drug-likeness (QED) is 0.730. The first-order chi connectivity index (χ1) is 12.1. The molecule has 0 saturated carbocycles. The van der Waals surface area contributed by atoms with Gasteiger partial charge in [-0.15, -0.1) is 0 Å². The number of hydrogen-bond acceptors (Lipinski definition) is 6. The normalized spacial score (nSPS) is 17.2. The summed E-state index contributed by atoms with van der Waals surface area (Å²) in [5, 5.41) is 3.38. The lowest BCUT2D eigenvalue weighted by Crippen LogP contribution is -2.35. The molecular formula is C17H18N6O2. The number of H-pyrrole nitrogens is 1. The second-order valence-corrected chi connectivity index (χ2v) is 6.18. The van der Waals surface area contributed by atoms with Crippen molar-refractivity contribution >= 4 is 22.7 Å². The maximum absolute atomic E-state index is 11.8. The summed E-state index contributed by atoms with van der Waals surface area (Å²) in [5.74, 6) is 1.28. The average Bonchev–Trinajstić information content (AvgIpc) is 3.07. The van der Waals surface area contributed by atoms with Gasteiger partial charge in [0.05, 0.1) is 17.2 Å². The largest absolute Gasteiger partial charge is 0.364 e. The molecule has 0 amide bonds. The summed E-state index contributed by atoms with van der Waals surface area (Å²) in [6, 6.07) is 9.35. The summed E-state index contributed by atoms with van der Waals surface area (Å²) in [6.07, 6.45) is 2.61. The Kier molecular flexibility index (Phi) is 3.72. The zero-order valence-electron chi connectivity index (χ0n) is 13.8. The van der Waals surface area contributed by atoms with Crippen LogP contribution in [0.1, 0.15) is 6.42 Å². The second-order valence-electron chi connectivity index (χ2n) is 6.18. The predicted octanol–water partition coefficient (Wildman–Crippen LogP) is 0.708. The molecule has 2 N–H and O–H groups in total. The minimum Gasteiger partial charge on any atom is -0.364 e. The van der Waals surface area contributed by atoms with Crippen LogP contribution in [0.15, 0.2) is 46.1 Å². The number of aromatic nitrogens is 4. The van der Waals surface area contributed by atoms with Gasteiger partial charge in [0.1, 0.15) is 11.6 Å². The van der Waals surface area contributed by atoms with Gasteiger partial charge >= 0.3 is 5.69 Å². The van der Waals surface area contributed by atoms with Gasteiger partial charge in [0, 0.05) is 32.2 Å². The van der Waals surface area contributed by atoms with Crippen LogP contribution >= 0.6 is 0 Å². The van der Waals surface area contributed by atoms with E-state index in [0.29, 0.717) is 12.4 Å². The topological polar surface area (TPSA) is 95.9 Å². The number of fused-ring (bicyclic) bond motifs is 1. The lowest BCUT2D eigenvalue weighted by atomic mass is 10.2. The lowest BCUT2D eigenvalue weighted by molar-refractivity contribution is 0.760. The number of benzene rings is 1. The summed E-state index contributed by atoms with van der Waals surface area (Å²) in [7, 11) is 1.46. The van der Waals surface area contributed by atoms with E-state index in [1.165, 1.54) is 13.1 Å². The van der Waals surface area contributed by atoms with Crippen molar-refractivity contribution in [1.82, 2.24) is 19.5 Å². The van der Waals surface area contributed by atoms with Crippen LogP contribution in [0.5, 0.6) is 0 Å². The molecule has 3 aromatic rings. The average molecular weight is 338 g/mol. The van der Waals surface area contributed by atoms with Gasteiger partial charge in [0.15, 0.2) is 0 Å². The van der Waals surface area contributed by atoms with Crippen molar-refractivity contribution in [2.45, 2.75) is 12.5 Å². The number of para-hydroxylation sites is 2. The molecule has 8 heteroatoms. The van der Waals surface area contributed by atoms with Crippen LogP contribution in [-0.2, 0) is 7.05 Å². The number of nitrogens with one attached hydrogen (secondary N) is 2. The van der Waals surface area contributed by atoms with Crippen LogP contribution in [0.2, 0.25) is 0 Å². The third-order valence-electron chi connectivity index (χ3n) is 4.46. The van der Waals surface area contributed by atoms with E-state index < -0.39 is 5.69 Å². The van der Waals surface area contributed by atoms with Crippen LogP contribution in [-0.4, -0.2) is 38.7 Å². The Hall–Kier alpha value is -3.16. The van der Waals surface area contributed by atoms with Crippen LogP contribution in [0.3, 0.4) is 0 Å². The predicted molar refractivity (Wildman–Crippen MR) is 96.1 cm³/mol. The van der Waals surface area contributed by atoms with E-state index in [4.69, 9.17) is 0 Å². The molecular weight excluding hydrogens is 320 g/mol. The van der Waals surface area contributed by atoms with Crippen molar-refractivity contribution in [3.05, 3.63) is 57.4 Å². The Morgan fingerprint density at radius 2 is 2.04 bits per heavy atom. The van der Waals surface area contributed by atoms with Crippen molar-refractivity contribution in [3.8, 4) is 0 Å². The minimum absolute atomic E-state index is 0.169. The highest BCUT2D eigenvalue weighted by Gasteiger charge is 2.24. The number of aromatic amines is 1. The molecule has 0 spiro atoms. The van der Waals surface area contributed by atoms with E-state index in [9.17, 15) is 9.59 Å². The smallest absolute Gasteiger partial charge is 0.329 e. The van der Waals surface area contributed by atoms with Gasteiger partial charge in [-0.25, -0.2) is 9.78 Å². The third-order valence-corrected chi connectivity index (χ3v) is 4.46. The molecule has 1 fully saturated rings. The van der Waals surface area contributed by atoms with Crippen LogP contribution in [0.4, 0.5) is 11.6 Å². The highest BCUT2D eigenvalue weighted by Crippen LogP contribution is 2.19. The molecule has 1 aliphatic heterocycles. The molecule has 2 aromatic heterocycles. The van der Waals surface area contributed by atoms with E-state index in [-0.39, 0.29) is 11.6 Å². The first kappa shape index (κ1) is 15.4. The molecule has 1 aliphatic rings. The Morgan fingerprint density at radius 1 is 1.24 bits per heavy atom. The minimum atomic E-state index is -0.403. The standard InChI is InChI=1S/C17H18N6O2/c1-22-16(24)8-15(21-17(22)25)23-7-6-11(10-23)19-14-9-18-12-4-2-3-5-13(12)20-14/h2-5,8-9,11H,6-7,10H2,1H3,(H,19,20)(H,21,25)/t11-/m1/s1. The number of nitrogens with zero attached hydrogens (tertiary/aromatic N) is 4. The zero-order valence-corrected chi connectivity index (χ0v) is 13.8. The van der Waals surface area contributed by atoms with Gasteiger partial charge in [0.2, 0.25) is 0 Å². The Balaban J connectivity index is 1.50. The lowest BCUT2D eigenvalue weighted by Gasteiger charge is -2.18. The van der Waals surface area contributed by atoms with Gasteiger partial charge in [0.25, 0.3) is 5.56 Å². The Bertz CT molecular complexity index is 1010. The van der Waals surface area contributed by atoms with Gasteiger partial charge in [-0.3, -0.25) is 19.3 Å². The van der Waals surface area contributed by atoms with E-state index in [1.807, 2.05) is 29.2 Å². The molecule has 1 atom stereocenters. The molecule has 8 nitrogen and oxygen atoms in total. The molecule has 4 rings (SSSR count). The Morgan fingerprint density at radius 3 is 2.84 bits per heavy atom. The highest BCUT2D eigenvalue weighted by molar-refractivity contribution is 5.75. The highest BCUT2D eigenvalue weighted by atomic mass is 16.2. The third kappa shape index (κ3) is 2.98. The van der Waals surface area contributed by atoms with Crippen LogP contribution in [0.25, 0.3) is 11.0 Å². The molecule has 0 aliphatic carbocycles. The fraction of sp³-hybridized carbons (Fsp3) is 0.294. The van der Waals surface area contributed by atoms with Gasteiger partial charge < -0.3 is 10.2 Å². The number of anilines is 2. The molecule has 128 valence electrons. The van der Waals surface area contributed by atoms with Crippen LogP contribution in [0, 0.1) is 0 Å². The number of hydrogen-bond donors (Lipinski definition) is 2. The van der Waals surface area contributed by atoms with Gasteiger partial charge in [-0.2, -0.15) is 0 Å².